The standard InChI is InChI=1S/C14H11N3O7/c1-24-14(19)12-6-11(17(22)23)8-15(13(12)18)7-9-3-2-4-10(5-9)16(20)21/h2-6,8H,7H2,1H3. The van der Waals surface area contributed by atoms with E-state index in [1.54, 1.807) is 0 Å². The molecule has 1 aromatic heterocycles. The fourth-order valence-electron chi connectivity index (χ4n) is 2.06. The zero-order valence-corrected chi connectivity index (χ0v) is 12.4. The third-order valence-electron chi connectivity index (χ3n) is 3.16. The number of pyridine rings is 1. The maximum absolute atomic E-state index is 12.3. The number of nitro groups is 2. The van der Waals surface area contributed by atoms with Crippen LogP contribution in [0.5, 0.6) is 0 Å². The predicted octanol–water partition coefficient (Wildman–Crippen LogP) is 1.50. The first kappa shape index (κ1) is 16.8. The molecule has 0 aliphatic rings. The molecule has 2 aromatic rings. The van der Waals surface area contributed by atoms with E-state index in [1.807, 2.05) is 0 Å². The summed E-state index contributed by atoms with van der Waals surface area (Å²) in [6.07, 6.45) is 0.966. The number of hydrogen-bond donors (Lipinski definition) is 0. The number of hydrogen-bond acceptors (Lipinski definition) is 7. The summed E-state index contributed by atoms with van der Waals surface area (Å²) in [7, 11) is 1.05. The molecule has 0 spiro atoms. The van der Waals surface area contributed by atoms with Crippen molar-refractivity contribution >= 4 is 17.3 Å². The van der Waals surface area contributed by atoms with Crippen molar-refractivity contribution in [3.8, 4) is 0 Å². The number of nitrogens with zero attached hydrogens (tertiary/aromatic N) is 3. The highest BCUT2D eigenvalue weighted by molar-refractivity contribution is 5.89. The van der Waals surface area contributed by atoms with Crippen molar-refractivity contribution < 1.29 is 19.4 Å². The Morgan fingerprint density at radius 3 is 2.42 bits per heavy atom. The highest BCUT2D eigenvalue weighted by Gasteiger charge is 2.20. The van der Waals surface area contributed by atoms with Gasteiger partial charge in [0.15, 0.2) is 0 Å². The molecule has 10 heteroatoms. The van der Waals surface area contributed by atoms with E-state index in [9.17, 15) is 29.8 Å². The summed E-state index contributed by atoms with van der Waals surface area (Å²) < 4.78 is 5.38. The molecule has 0 aliphatic heterocycles. The first-order valence-electron chi connectivity index (χ1n) is 6.54. The van der Waals surface area contributed by atoms with Gasteiger partial charge in [0.25, 0.3) is 16.9 Å². The minimum atomic E-state index is -1.00. The van der Waals surface area contributed by atoms with E-state index in [4.69, 9.17) is 0 Å². The lowest BCUT2D eigenvalue weighted by molar-refractivity contribution is -0.385. The van der Waals surface area contributed by atoms with Crippen molar-refractivity contribution in [1.29, 1.82) is 0 Å². The van der Waals surface area contributed by atoms with Gasteiger partial charge in [-0.3, -0.25) is 25.0 Å². The normalized spacial score (nSPS) is 10.2. The number of nitro benzene ring substituents is 1. The lowest BCUT2D eigenvalue weighted by Crippen LogP contribution is -2.27. The molecule has 0 N–H and O–H groups in total. The Balaban J connectivity index is 2.53. The fourth-order valence-corrected chi connectivity index (χ4v) is 2.06. The van der Waals surface area contributed by atoms with Crippen molar-refractivity contribution in [3.05, 3.63) is 78.2 Å². The molecule has 24 heavy (non-hydrogen) atoms. The van der Waals surface area contributed by atoms with Gasteiger partial charge in [-0.2, -0.15) is 0 Å². The maximum atomic E-state index is 12.3. The summed E-state index contributed by atoms with van der Waals surface area (Å²) in [5, 5.41) is 21.8. The Morgan fingerprint density at radius 1 is 1.17 bits per heavy atom. The zero-order valence-electron chi connectivity index (χ0n) is 12.4. The SMILES string of the molecule is COC(=O)c1cc([N+](=O)[O-])cn(Cc2cccc([N+](=O)[O-])c2)c1=O. The number of carbonyl (C=O) groups excluding carboxylic acids is 1. The highest BCUT2D eigenvalue weighted by Crippen LogP contribution is 2.16. The highest BCUT2D eigenvalue weighted by atomic mass is 16.6. The van der Waals surface area contributed by atoms with Crippen LogP contribution in [0.15, 0.2) is 41.3 Å². The molecular weight excluding hydrogens is 322 g/mol. The molecule has 0 aliphatic carbocycles. The van der Waals surface area contributed by atoms with Gasteiger partial charge in [-0.25, -0.2) is 4.79 Å². The van der Waals surface area contributed by atoms with E-state index < -0.39 is 32.6 Å². The van der Waals surface area contributed by atoms with E-state index >= 15 is 0 Å². The lowest BCUT2D eigenvalue weighted by Gasteiger charge is -2.08. The van der Waals surface area contributed by atoms with Gasteiger partial charge in [0.2, 0.25) is 0 Å². The lowest BCUT2D eigenvalue weighted by atomic mass is 10.2. The molecule has 0 unspecified atom stereocenters. The van der Waals surface area contributed by atoms with Crippen LogP contribution in [0.25, 0.3) is 0 Å². The topological polar surface area (TPSA) is 135 Å². The summed E-state index contributed by atoms with van der Waals surface area (Å²) >= 11 is 0. The molecule has 0 bridgehead atoms. The zero-order chi connectivity index (χ0) is 17.9. The van der Waals surface area contributed by atoms with Crippen LogP contribution in [0.4, 0.5) is 11.4 Å². The van der Waals surface area contributed by atoms with Gasteiger partial charge in [-0.15, -0.1) is 0 Å². The van der Waals surface area contributed by atoms with Crippen LogP contribution in [-0.4, -0.2) is 27.5 Å². The van der Waals surface area contributed by atoms with Crippen LogP contribution < -0.4 is 5.56 Å². The minimum Gasteiger partial charge on any atom is -0.465 e. The number of aromatic nitrogens is 1. The Morgan fingerprint density at radius 2 is 1.83 bits per heavy atom. The van der Waals surface area contributed by atoms with Crippen molar-refractivity contribution in [3.63, 3.8) is 0 Å². The first-order valence-corrected chi connectivity index (χ1v) is 6.54. The number of rotatable bonds is 5. The molecule has 10 nitrogen and oxygen atoms in total. The average molecular weight is 333 g/mol. The number of methoxy groups -OCH3 is 1. The van der Waals surface area contributed by atoms with Gasteiger partial charge in [-0.1, -0.05) is 12.1 Å². The molecule has 0 saturated heterocycles. The van der Waals surface area contributed by atoms with Crippen LogP contribution in [0.2, 0.25) is 0 Å². The van der Waals surface area contributed by atoms with Crippen LogP contribution in [0, 0.1) is 20.2 Å². The van der Waals surface area contributed by atoms with Crippen molar-refractivity contribution in [1.82, 2.24) is 4.57 Å². The van der Waals surface area contributed by atoms with Crippen molar-refractivity contribution in [2.24, 2.45) is 0 Å². The molecular formula is C14H11N3O7. The Bertz CT molecular complexity index is 888. The van der Waals surface area contributed by atoms with Gasteiger partial charge in [0.1, 0.15) is 5.56 Å². The molecule has 0 fully saturated rings. The summed E-state index contributed by atoms with van der Waals surface area (Å²) in [6.45, 7) is -0.174. The predicted molar refractivity (Wildman–Crippen MR) is 80.9 cm³/mol. The molecule has 1 heterocycles. The summed E-state index contributed by atoms with van der Waals surface area (Å²) in [4.78, 5) is 44.3. The van der Waals surface area contributed by atoms with Gasteiger partial charge < -0.3 is 9.30 Å². The number of ether oxygens (including phenoxy) is 1. The van der Waals surface area contributed by atoms with E-state index in [1.165, 1.54) is 24.3 Å². The van der Waals surface area contributed by atoms with Crippen LogP contribution in [0.1, 0.15) is 15.9 Å². The summed E-state index contributed by atoms with van der Waals surface area (Å²) in [5.74, 6) is -1.00. The van der Waals surface area contributed by atoms with Crippen LogP contribution >= 0.6 is 0 Å². The van der Waals surface area contributed by atoms with Crippen LogP contribution in [-0.2, 0) is 11.3 Å². The molecule has 124 valence electrons. The number of non-ortho nitro benzene ring substituents is 1. The van der Waals surface area contributed by atoms with Crippen molar-refractivity contribution in [2.75, 3.05) is 7.11 Å². The largest absolute Gasteiger partial charge is 0.465 e. The second-order valence-corrected chi connectivity index (χ2v) is 4.72. The second-order valence-electron chi connectivity index (χ2n) is 4.72. The fraction of sp³-hybridized carbons (Fsp3) is 0.143. The Labute approximate surface area is 134 Å². The van der Waals surface area contributed by atoms with E-state index in [2.05, 4.69) is 4.74 Å². The van der Waals surface area contributed by atoms with Gasteiger partial charge in [0.05, 0.1) is 29.7 Å². The smallest absolute Gasteiger partial charge is 0.343 e. The number of carbonyl (C=O) groups is 1. The van der Waals surface area contributed by atoms with E-state index in [0.29, 0.717) is 5.56 Å². The van der Waals surface area contributed by atoms with E-state index in [-0.39, 0.29) is 12.2 Å². The van der Waals surface area contributed by atoms with Gasteiger partial charge in [-0.05, 0) is 5.56 Å². The average Bonchev–Trinajstić information content (AvgIpc) is 2.56. The monoisotopic (exact) mass is 333 g/mol. The molecule has 0 amide bonds. The molecule has 2 rings (SSSR count). The third kappa shape index (κ3) is 3.43. The van der Waals surface area contributed by atoms with Gasteiger partial charge in [0, 0.05) is 18.2 Å². The molecule has 0 saturated carbocycles. The Hall–Kier alpha value is -3.56. The maximum Gasteiger partial charge on any atom is 0.343 e. The third-order valence-corrected chi connectivity index (χ3v) is 3.16. The molecule has 0 atom stereocenters. The summed E-state index contributed by atoms with van der Waals surface area (Å²) in [6, 6.07) is 6.30. The second kappa shape index (κ2) is 6.69. The number of benzene rings is 1. The molecule has 0 radical (unpaired) electrons. The van der Waals surface area contributed by atoms with Crippen LogP contribution in [0.3, 0.4) is 0 Å². The minimum absolute atomic E-state index is 0.174. The first-order chi connectivity index (χ1) is 11.3. The molecule has 1 aromatic carbocycles. The Kier molecular flexibility index (Phi) is 4.68. The number of esters is 1. The van der Waals surface area contributed by atoms with E-state index in [0.717, 1.165) is 23.9 Å². The van der Waals surface area contributed by atoms with Crippen molar-refractivity contribution in [2.45, 2.75) is 6.54 Å². The quantitative estimate of drug-likeness (QED) is 0.459. The van der Waals surface area contributed by atoms with Gasteiger partial charge >= 0.3 is 5.97 Å². The summed E-state index contributed by atoms with van der Waals surface area (Å²) in [5.41, 5.74) is -1.56.